The number of carbonyl (C=O) groups is 1. The van der Waals surface area contributed by atoms with Gasteiger partial charge in [-0.25, -0.2) is 13.1 Å². The van der Waals surface area contributed by atoms with Gasteiger partial charge in [0.25, 0.3) is 5.91 Å². The molecule has 1 aromatic rings. The molecule has 0 spiro atoms. The number of aromatic nitrogens is 2. The molecule has 1 aromatic heterocycles. The molecular weight excluding hydrogens is 288 g/mol. The number of sulfonamides is 1. The molecule has 1 amide bonds. The highest BCUT2D eigenvalue weighted by Gasteiger charge is 2.29. The van der Waals surface area contributed by atoms with Gasteiger partial charge in [0.15, 0.2) is 5.69 Å². The molecule has 0 bridgehead atoms. The van der Waals surface area contributed by atoms with Gasteiger partial charge in [-0.3, -0.25) is 4.79 Å². The summed E-state index contributed by atoms with van der Waals surface area (Å²) in [6.07, 6.45) is 5.29. The van der Waals surface area contributed by atoms with Gasteiger partial charge < -0.3 is 4.90 Å². The Hall–Kier alpha value is -1.06. The van der Waals surface area contributed by atoms with Crippen molar-refractivity contribution in [2.75, 3.05) is 19.3 Å². The minimum absolute atomic E-state index is 0.113. The third kappa shape index (κ3) is 3.95. The SMILES string of the molecule is CS(=O)(=O)NC[C@@H]1CCCCN1C(=O)c1cnsn1. The molecule has 1 N–H and O–H groups in total. The van der Waals surface area contributed by atoms with E-state index in [1.54, 1.807) is 4.90 Å². The summed E-state index contributed by atoms with van der Waals surface area (Å²) in [5.41, 5.74) is 0.330. The zero-order valence-electron chi connectivity index (χ0n) is 10.6. The fourth-order valence-corrected chi connectivity index (χ4v) is 3.04. The smallest absolute Gasteiger partial charge is 0.275 e. The standard InChI is InChI=1S/C10H16N4O3S2/c1-19(16,17)12-6-8-4-2-3-5-14(8)10(15)9-7-11-18-13-9/h7-8,12H,2-6H2,1H3/t8-/m0/s1. The first-order valence-electron chi connectivity index (χ1n) is 6.00. The van der Waals surface area contributed by atoms with Crippen LogP contribution < -0.4 is 4.72 Å². The van der Waals surface area contributed by atoms with Crippen LogP contribution in [0.15, 0.2) is 6.20 Å². The van der Waals surface area contributed by atoms with Crippen LogP contribution in [0.1, 0.15) is 29.8 Å². The van der Waals surface area contributed by atoms with Crippen LogP contribution in [0, 0.1) is 0 Å². The van der Waals surface area contributed by atoms with Gasteiger partial charge in [-0.2, -0.15) is 8.75 Å². The summed E-state index contributed by atoms with van der Waals surface area (Å²) in [4.78, 5) is 13.9. The van der Waals surface area contributed by atoms with Crippen molar-refractivity contribution in [1.82, 2.24) is 18.4 Å². The van der Waals surface area contributed by atoms with E-state index in [2.05, 4.69) is 13.5 Å². The molecule has 0 radical (unpaired) electrons. The fraction of sp³-hybridized carbons (Fsp3) is 0.700. The number of nitrogens with zero attached hydrogens (tertiary/aromatic N) is 3. The minimum atomic E-state index is -3.24. The number of hydrogen-bond donors (Lipinski definition) is 1. The number of rotatable bonds is 4. The summed E-state index contributed by atoms with van der Waals surface area (Å²) in [6, 6.07) is -0.113. The maximum atomic E-state index is 12.2. The van der Waals surface area contributed by atoms with E-state index in [1.807, 2.05) is 0 Å². The van der Waals surface area contributed by atoms with Crippen molar-refractivity contribution in [3.05, 3.63) is 11.9 Å². The molecule has 1 aliphatic heterocycles. The Morgan fingerprint density at radius 1 is 1.58 bits per heavy atom. The Morgan fingerprint density at radius 3 is 3.00 bits per heavy atom. The zero-order valence-corrected chi connectivity index (χ0v) is 12.2. The Morgan fingerprint density at radius 2 is 2.37 bits per heavy atom. The number of piperidine rings is 1. The molecule has 0 saturated carbocycles. The molecule has 0 unspecified atom stereocenters. The maximum absolute atomic E-state index is 12.2. The lowest BCUT2D eigenvalue weighted by Gasteiger charge is -2.35. The Labute approximate surface area is 116 Å². The highest BCUT2D eigenvalue weighted by atomic mass is 32.2. The third-order valence-electron chi connectivity index (χ3n) is 3.05. The van der Waals surface area contributed by atoms with E-state index < -0.39 is 10.0 Å². The van der Waals surface area contributed by atoms with Crippen LogP contribution in [0.5, 0.6) is 0 Å². The lowest BCUT2D eigenvalue weighted by Crippen LogP contribution is -2.49. The lowest BCUT2D eigenvalue weighted by molar-refractivity contribution is 0.0614. The van der Waals surface area contributed by atoms with Crippen molar-refractivity contribution in [3.8, 4) is 0 Å². The summed E-state index contributed by atoms with van der Waals surface area (Å²) >= 11 is 0.992. The van der Waals surface area contributed by atoms with Crippen molar-refractivity contribution in [2.45, 2.75) is 25.3 Å². The molecule has 1 saturated heterocycles. The van der Waals surface area contributed by atoms with Crippen molar-refractivity contribution in [1.29, 1.82) is 0 Å². The lowest BCUT2D eigenvalue weighted by atomic mass is 10.0. The topological polar surface area (TPSA) is 92.3 Å². The van der Waals surface area contributed by atoms with Gasteiger partial charge in [-0.1, -0.05) is 0 Å². The minimum Gasteiger partial charge on any atom is -0.333 e. The van der Waals surface area contributed by atoms with Crippen molar-refractivity contribution in [3.63, 3.8) is 0 Å². The molecular formula is C10H16N4O3S2. The number of nitrogens with one attached hydrogen (secondary N) is 1. The Balaban J connectivity index is 2.05. The van der Waals surface area contributed by atoms with Gasteiger partial charge in [-0.05, 0) is 19.3 Å². The van der Waals surface area contributed by atoms with Gasteiger partial charge >= 0.3 is 0 Å². The fourth-order valence-electron chi connectivity index (χ4n) is 2.13. The van der Waals surface area contributed by atoms with Gasteiger partial charge in [-0.15, -0.1) is 0 Å². The largest absolute Gasteiger partial charge is 0.333 e. The van der Waals surface area contributed by atoms with Crippen LogP contribution in [0.3, 0.4) is 0 Å². The highest BCUT2D eigenvalue weighted by molar-refractivity contribution is 7.88. The van der Waals surface area contributed by atoms with Gasteiger partial charge in [0, 0.05) is 19.1 Å². The average molecular weight is 304 g/mol. The quantitative estimate of drug-likeness (QED) is 0.850. The van der Waals surface area contributed by atoms with Gasteiger partial charge in [0.05, 0.1) is 24.2 Å². The first kappa shape index (κ1) is 14.4. The van der Waals surface area contributed by atoms with E-state index in [0.29, 0.717) is 12.2 Å². The molecule has 19 heavy (non-hydrogen) atoms. The first-order chi connectivity index (χ1) is 8.97. The number of carbonyl (C=O) groups excluding carboxylic acids is 1. The third-order valence-corrected chi connectivity index (χ3v) is 4.22. The molecule has 106 valence electrons. The maximum Gasteiger partial charge on any atom is 0.275 e. The molecule has 2 heterocycles. The summed E-state index contributed by atoms with van der Waals surface area (Å²) in [7, 11) is -3.24. The van der Waals surface area contributed by atoms with Crippen LogP contribution in [0.4, 0.5) is 0 Å². The van der Waals surface area contributed by atoms with Crippen LogP contribution in [-0.2, 0) is 10.0 Å². The monoisotopic (exact) mass is 304 g/mol. The Kier molecular flexibility index (Phi) is 4.48. The second kappa shape index (κ2) is 5.93. The second-order valence-electron chi connectivity index (χ2n) is 4.56. The van der Waals surface area contributed by atoms with E-state index >= 15 is 0 Å². The van der Waals surface area contributed by atoms with Crippen LogP contribution >= 0.6 is 11.7 Å². The average Bonchev–Trinajstić information content (AvgIpc) is 2.89. The summed E-state index contributed by atoms with van der Waals surface area (Å²) < 4.78 is 32.5. The second-order valence-corrected chi connectivity index (χ2v) is 6.95. The van der Waals surface area contributed by atoms with E-state index in [9.17, 15) is 13.2 Å². The van der Waals surface area contributed by atoms with Crippen molar-refractivity contribution in [2.24, 2.45) is 0 Å². The molecule has 1 atom stereocenters. The van der Waals surface area contributed by atoms with E-state index in [-0.39, 0.29) is 18.5 Å². The Bertz CT molecular complexity index is 529. The summed E-state index contributed by atoms with van der Waals surface area (Å²) in [6.45, 7) is 0.884. The van der Waals surface area contributed by atoms with E-state index in [4.69, 9.17) is 0 Å². The summed E-state index contributed by atoms with van der Waals surface area (Å²) in [5, 5.41) is 0. The highest BCUT2D eigenvalue weighted by Crippen LogP contribution is 2.19. The van der Waals surface area contributed by atoms with Crippen molar-refractivity contribution >= 4 is 27.7 Å². The molecule has 0 aliphatic carbocycles. The van der Waals surface area contributed by atoms with Crippen molar-refractivity contribution < 1.29 is 13.2 Å². The predicted octanol–water partition coefficient (Wildman–Crippen LogP) is 0.0820. The predicted molar refractivity (Wildman–Crippen MR) is 71.4 cm³/mol. The first-order valence-corrected chi connectivity index (χ1v) is 8.63. The number of likely N-dealkylation sites (tertiary alicyclic amines) is 1. The normalized spacial score (nSPS) is 20.5. The molecule has 2 rings (SSSR count). The molecule has 1 fully saturated rings. The van der Waals surface area contributed by atoms with Gasteiger partial charge in [0.2, 0.25) is 10.0 Å². The number of hydrogen-bond acceptors (Lipinski definition) is 6. The van der Waals surface area contributed by atoms with E-state index in [1.165, 1.54) is 6.20 Å². The zero-order chi connectivity index (χ0) is 13.9. The van der Waals surface area contributed by atoms with Crippen LogP contribution in [0.2, 0.25) is 0 Å². The molecule has 0 aromatic carbocycles. The van der Waals surface area contributed by atoms with Crippen LogP contribution in [-0.4, -0.2) is 53.4 Å². The molecule has 9 heteroatoms. The van der Waals surface area contributed by atoms with Crippen LogP contribution in [0.25, 0.3) is 0 Å². The number of amides is 1. The van der Waals surface area contributed by atoms with E-state index in [0.717, 1.165) is 37.2 Å². The molecule has 1 aliphatic rings. The molecule has 7 nitrogen and oxygen atoms in total. The van der Waals surface area contributed by atoms with Gasteiger partial charge in [0.1, 0.15) is 0 Å². The summed E-state index contributed by atoms with van der Waals surface area (Å²) in [5.74, 6) is -0.172.